The summed E-state index contributed by atoms with van der Waals surface area (Å²) in [7, 11) is 0. The van der Waals surface area contributed by atoms with E-state index in [1.807, 2.05) is 0 Å². The van der Waals surface area contributed by atoms with E-state index in [0.29, 0.717) is 0 Å². The Morgan fingerprint density at radius 3 is 2.69 bits per heavy atom. The molecule has 0 fully saturated rings. The molecule has 0 radical (unpaired) electrons. The van der Waals surface area contributed by atoms with Crippen molar-refractivity contribution in [3.05, 3.63) is 36.1 Å². The van der Waals surface area contributed by atoms with E-state index in [-0.39, 0.29) is 5.57 Å². The van der Waals surface area contributed by atoms with Crippen LogP contribution >= 0.6 is 0 Å². The van der Waals surface area contributed by atoms with Crippen molar-refractivity contribution in [1.82, 2.24) is 0 Å². The van der Waals surface area contributed by atoms with Gasteiger partial charge in [-0.3, -0.25) is 0 Å². The van der Waals surface area contributed by atoms with E-state index >= 15 is 0 Å². The van der Waals surface area contributed by atoms with Crippen LogP contribution in [0.25, 0.3) is 0 Å². The lowest BCUT2D eigenvalue weighted by molar-refractivity contribution is -0.181. The van der Waals surface area contributed by atoms with Gasteiger partial charge in [-0.25, -0.2) is 4.79 Å². The molecule has 0 spiro atoms. The number of carbonyl (C=O) groups excluding carboxylic acids is 1. The molecule has 1 atom stereocenters. The first-order valence-corrected chi connectivity index (χ1v) is 3.66. The van der Waals surface area contributed by atoms with Crippen molar-refractivity contribution in [3.8, 4) is 0 Å². The topological polar surface area (TPSA) is 66.8 Å². The Balaban J connectivity index is 2.74. The molecule has 70 valence electrons. The minimum atomic E-state index is -2.02. The molecule has 13 heavy (non-hydrogen) atoms. The van der Waals surface area contributed by atoms with E-state index < -0.39 is 17.5 Å². The van der Waals surface area contributed by atoms with Crippen LogP contribution in [0.2, 0.25) is 0 Å². The Hall–Kier alpha value is -1.55. The normalized spacial score (nSPS) is 25.5. The average molecular weight is 182 g/mol. The highest BCUT2D eigenvalue weighted by Gasteiger charge is 2.36. The van der Waals surface area contributed by atoms with Crippen molar-refractivity contribution in [1.29, 1.82) is 0 Å². The highest BCUT2D eigenvalue weighted by atomic mass is 16.7. The van der Waals surface area contributed by atoms with Crippen molar-refractivity contribution in [2.24, 2.45) is 0 Å². The lowest BCUT2D eigenvalue weighted by Gasteiger charge is -2.20. The first-order valence-electron chi connectivity index (χ1n) is 3.66. The number of carbonyl (C=O) groups is 1. The van der Waals surface area contributed by atoms with E-state index in [1.165, 1.54) is 25.2 Å². The van der Waals surface area contributed by atoms with E-state index in [0.717, 1.165) is 0 Å². The fourth-order valence-corrected chi connectivity index (χ4v) is 0.789. The zero-order chi connectivity index (χ0) is 10.1. The molecule has 1 aliphatic rings. The third-order valence-electron chi connectivity index (χ3n) is 1.54. The molecule has 4 heteroatoms. The minimum Gasteiger partial charge on any atom is -0.506 e. The quantitative estimate of drug-likeness (QED) is 0.376. The summed E-state index contributed by atoms with van der Waals surface area (Å²) < 4.78 is 4.58. The van der Waals surface area contributed by atoms with Crippen molar-refractivity contribution in [2.75, 3.05) is 0 Å². The molecule has 0 aliphatic heterocycles. The fourth-order valence-electron chi connectivity index (χ4n) is 0.789. The maximum Gasteiger partial charge on any atom is 0.336 e. The molecule has 1 rings (SSSR count). The van der Waals surface area contributed by atoms with E-state index in [9.17, 15) is 9.90 Å². The summed E-state index contributed by atoms with van der Waals surface area (Å²) in [5.74, 6) is -3.19. The highest BCUT2D eigenvalue weighted by molar-refractivity contribution is 5.87. The second kappa shape index (κ2) is 3.06. The summed E-state index contributed by atoms with van der Waals surface area (Å²) in [5.41, 5.74) is 0.154. The van der Waals surface area contributed by atoms with Crippen LogP contribution in [0.15, 0.2) is 36.1 Å². The molecule has 1 unspecified atom stereocenters. The van der Waals surface area contributed by atoms with Gasteiger partial charge in [-0.2, -0.15) is 0 Å². The third kappa shape index (κ3) is 1.78. The van der Waals surface area contributed by atoms with E-state index in [1.54, 1.807) is 0 Å². The summed E-state index contributed by atoms with van der Waals surface area (Å²) in [5, 5.41) is 18.6. The third-order valence-corrected chi connectivity index (χ3v) is 1.54. The summed E-state index contributed by atoms with van der Waals surface area (Å²) in [6, 6.07) is 0. The van der Waals surface area contributed by atoms with Gasteiger partial charge < -0.3 is 14.9 Å². The maximum atomic E-state index is 11.0. The molecular formula is C9H10O4. The van der Waals surface area contributed by atoms with Crippen LogP contribution in [0.4, 0.5) is 0 Å². The first kappa shape index (κ1) is 9.54. The number of aliphatic hydroxyl groups excluding tert-OH is 1. The smallest absolute Gasteiger partial charge is 0.336 e. The lowest BCUT2D eigenvalue weighted by Crippen LogP contribution is -2.33. The van der Waals surface area contributed by atoms with Crippen LogP contribution in [0.5, 0.6) is 0 Å². The number of hydrogen-bond acceptors (Lipinski definition) is 4. The zero-order valence-corrected chi connectivity index (χ0v) is 7.15. The first-order chi connectivity index (χ1) is 5.96. The van der Waals surface area contributed by atoms with Gasteiger partial charge in [-0.05, 0) is 19.1 Å². The number of hydrogen-bond donors (Lipinski definition) is 2. The van der Waals surface area contributed by atoms with E-state index in [4.69, 9.17) is 5.11 Å². The van der Waals surface area contributed by atoms with Crippen LogP contribution in [0, 0.1) is 0 Å². The number of ether oxygens (including phenoxy) is 1. The van der Waals surface area contributed by atoms with Crippen molar-refractivity contribution in [2.45, 2.75) is 12.7 Å². The Labute approximate surface area is 75.4 Å². The van der Waals surface area contributed by atoms with Crippen molar-refractivity contribution < 1.29 is 19.7 Å². The molecule has 2 N–H and O–H groups in total. The summed E-state index contributed by atoms with van der Waals surface area (Å²) in [6.45, 7) is 4.79. The summed E-state index contributed by atoms with van der Waals surface area (Å²) >= 11 is 0. The summed E-state index contributed by atoms with van der Waals surface area (Å²) in [4.78, 5) is 11.0. The standard InChI is InChI=1S/C9H10O4/c1-6(2)8(11)13-9(12)5-3-4-7(9)10/h3-5,10,12H,1H2,2H3. The van der Waals surface area contributed by atoms with E-state index in [2.05, 4.69) is 11.3 Å². The molecule has 0 aromatic rings. The van der Waals surface area contributed by atoms with Gasteiger partial charge in [0.25, 0.3) is 5.79 Å². The maximum absolute atomic E-state index is 11.0. The Morgan fingerprint density at radius 1 is 1.69 bits per heavy atom. The number of aliphatic hydroxyl groups is 2. The van der Waals surface area contributed by atoms with Crippen LogP contribution in [-0.2, 0) is 9.53 Å². The fraction of sp³-hybridized carbons (Fsp3) is 0.222. The summed E-state index contributed by atoms with van der Waals surface area (Å²) in [6.07, 6.45) is 3.80. The largest absolute Gasteiger partial charge is 0.506 e. The molecule has 4 nitrogen and oxygen atoms in total. The van der Waals surface area contributed by atoms with Gasteiger partial charge in [0.1, 0.15) is 0 Å². The van der Waals surface area contributed by atoms with Gasteiger partial charge in [0, 0.05) is 5.57 Å². The Kier molecular flexibility index (Phi) is 2.25. The predicted molar refractivity (Wildman–Crippen MR) is 45.7 cm³/mol. The monoisotopic (exact) mass is 182 g/mol. The zero-order valence-electron chi connectivity index (χ0n) is 7.15. The Bertz CT molecular complexity index is 314. The second-order valence-electron chi connectivity index (χ2n) is 2.78. The van der Waals surface area contributed by atoms with Gasteiger partial charge in [-0.15, -0.1) is 0 Å². The number of rotatable bonds is 2. The minimum absolute atomic E-state index is 0.154. The number of allylic oxidation sites excluding steroid dienone is 2. The molecule has 0 aromatic heterocycles. The number of esters is 1. The molecule has 0 aromatic carbocycles. The predicted octanol–water partition coefficient (Wildman–Crippen LogP) is 0.806. The van der Waals surface area contributed by atoms with Crippen LogP contribution < -0.4 is 0 Å². The van der Waals surface area contributed by atoms with Crippen LogP contribution in [0.1, 0.15) is 6.92 Å². The van der Waals surface area contributed by atoms with Crippen molar-refractivity contribution in [3.63, 3.8) is 0 Å². The van der Waals surface area contributed by atoms with Crippen LogP contribution in [0.3, 0.4) is 0 Å². The van der Waals surface area contributed by atoms with Gasteiger partial charge >= 0.3 is 5.97 Å². The van der Waals surface area contributed by atoms with Gasteiger partial charge in [0.15, 0.2) is 5.76 Å². The van der Waals surface area contributed by atoms with Crippen LogP contribution in [-0.4, -0.2) is 22.0 Å². The molecule has 0 amide bonds. The molecular weight excluding hydrogens is 172 g/mol. The van der Waals surface area contributed by atoms with Gasteiger partial charge in [0.2, 0.25) is 0 Å². The molecule has 0 saturated heterocycles. The molecule has 0 bridgehead atoms. The van der Waals surface area contributed by atoms with Gasteiger partial charge in [0.05, 0.1) is 0 Å². The SMILES string of the molecule is C=C(C)C(=O)OC1(O)C=CC=C1O. The van der Waals surface area contributed by atoms with Crippen molar-refractivity contribution >= 4 is 5.97 Å². The average Bonchev–Trinajstić information content (AvgIpc) is 2.32. The molecule has 1 aliphatic carbocycles. The lowest BCUT2D eigenvalue weighted by atomic mass is 10.2. The Morgan fingerprint density at radius 2 is 2.31 bits per heavy atom. The highest BCUT2D eigenvalue weighted by Crippen LogP contribution is 2.24. The molecule has 0 heterocycles. The molecule has 0 saturated carbocycles. The second-order valence-corrected chi connectivity index (χ2v) is 2.78. The van der Waals surface area contributed by atoms with Gasteiger partial charge in [-0.1, -0.05) is 12.7 Å².